The third kappa shape index (κ3) is 2.88. The van der Waals surface area contributed by atoms with Crippen LogP contribution in [0.15, 0.2) is 22.1 Å². The third-order valence-electron chi connectivity index (χ3n) is 4.42. The summed E-state index contributed by atoms with van der Waals surface area (Å²) in [4.78, 5) is 19.8. The zero-order valence-corrected chi connectivity index (χ0v) is 15.7. The van der Waals surface area contributed by atoms with Gasteiger partial charge in [0.2, 0.25) is 0 Å². The highest BCUT2D eigenvalue weighted by Crippen LogP contribution is 2.38. The second kappa shape index (κ2) is 6.07. The van der Waals surface area contributed by atoms with E-state index in [1.807, 2.05) is 13.2 Å². The van der Waals surface area contributed by atoms with Crippen molar-refractivity contribution in [2.75, 3.05) is 6.26 Å². The molecule has 2 aromatic heterocycles. The van der Waals surface area contributed by atoms with Gasteiger partial charge in [0.05, 0.1) is 17.6 Å². The number of allylic oxidation sites excluding steroid dienone is 1. The Hall–Kier alpha value is -1.11. The van der Waals surface area contributed by atoms with E-state index in [2.05, 4.69) is 20.4 Å². The molecule has 0 radical (unpaired) electrons. The van der Waals surface area contributed by atoms with Crippen molar-refractivity contribution in [3.63, 3.8) is 0 Å². The maximum absolute atomic E-state index is 13.1. The second-order valence-electron chi connectivity index (χ2n) is 6.40. The Balaban J connectivity index is 2.25. The van der Waals surface area contributed by atoms with Gasteiger partial charge in [-0.05, 0) is 32.1 Å². The first-order valence-electron chi connectivity index (χ1n) is 7.76. The quantitative estimate of drug-likeness (QED) is 0.475. The van der Waals surface area contributed by atoms with Gasteiger partial charge >= 0.3 is 0 Å². The lowest BCUT2D eigenvalue weighted by molar-refractivity contribution is -0.0543. The molecule has 6 heteroatoms. The van der Waals surface area contributed by atoms with E-state index in [1.165, 1.54) is 11.8 Å². The number of nitrogens with zero attached hydrogens (tertiary/aromatic N) is 2. The van der Waals surface area contributed by atoms with Crippen LogP contribution in [0.3, 0.4) is 0 Å². The van der Waals surface area contributed by atoms with E-state index in [-0.39, 0.29) is 11.2 Å². The first kappa shape index (κ1) is 16.7. The molecule has 0 spiro atoms. The van der Waals surface area contributed by atoms with Crippen molar-refractivity contribution in [3.05, 3.63) is 32.9 Å². The fourth-order valence-electron chi connectivity index (χ4n) is 2.93. The van der Waals surface area contributed by atoms with Crippen molar-refractivity contribution in [1.82, 2.24) is 9.55 Å². The highest BCUT2D eigenvalue weighted by Gasteiger charge is 2.33. The molecular weight excluding hydrogens is 328 g/mol. The van der Waals surface area contributed by atoms with Gasteiger partial charge in [-0.25, -0.2) is 4.98 Å². The topological polar surface area (TPSA) is 44.1 Å². The number of fused-ring (bicyclic) bond motifs is 3. The lowest BCUT2D eigenvalue weighted by Gasteiger charge is -2.32. The first-order valence-corrected chi connectivity index (χ1v) is 9.80. The molecule has 0 saturated carbocycles. The summed E-state index contributed by atoms with van der Waals surface area (Å²) in [6.45, 7) is 11.2. The van der Waals surface area contributed by atoms with Crippen LogP contribution in [0.1, 0.15) is 37.6 Å². The Kier molecular flexibility index (Phi) is 4.42. The molecule has 4 nitrogen and oxygen atoms in total. The predicted octanol–water partition coefficient (Wildman–Crippen LogP) is 4.00. The van der Waals surface area contributed by atoms with Crippen molar-refractivity contribution < 1.29 is 4.74 Å². The molecule has 0 aromatic carbocycles. The zero-order valence-electron chi connectivity index (χ0n) is 14.1. The maximum atomic E-state index is 13.1. The summed E-state index contributed by atoms with van der Waals surface area (Å²) in [5.74, 6) is 0. The Labute approximate surface area is 144 Å². The minimum absolute atomic E-state index is 0.0557. The normalized spacial score (nSPS) is 20.7. The average molecular weight is 351 g/mol. The van der Waals surface area contributed by atoms with Crippen LogP contribution in [0.25, 0.3) is 10.2 Å². The summed E-state index contributed by atoms with van der Waals surface area (Å²) >= 11 is 3.10. The van der Waals surface area contributed by atoms with E-state index in [1.54, 1.807) is 15.9 Å². The highest BCUT2D eigenvalue weighted by molar-refractivity contribution is 7.98. The molecule has 1 atom stereocenters. The monoisotopic (exact) mass is 350 g/mol. The highest BCUT2D eigenvalue weighted by atomic mass is 32.2. The summed E-state index contributed by atoms with van der Waals surface area (Å²) in [6.07, 6.45) is 3.66. The van der Waals surface area contributed by atoms with Gasteiger partial charge in [0.25, 0.3) is 5.56 Å². The Morgan fingerprint density at radius 3 is 2.91 bits per heavy atom. The van der Waals surface area contributed by atoms with E-state index in [9.17, 15) is 4.79 Å². The molecule has 0 amide bonds. The minimum Gasteiger partial charge on any atom is -0.369 e. The fourth-order valence-corrected chi connectivity index (χ4v) is 4.63. The summed E-state index contributed by atoms with van der Waals surface area (Å²) in [5.41, 5.74) is 1.96. The Bertz CT molecular complexity index is 837. The van der Waals surface area contributed by atoms with E-state index in [0.717, 1.165) is 44.2 Å². The van der Waals surface area contributed by atoms with E-state index >= 15 is 0 Å². The molecule has 1 aliphatic heterocycles. The lowest BCUT2D eigenvalue weighted by Crippen LogP contribution is -2.34. The number of ether oxygens (including phenoxy) is 1. The van der Waals surface area contributed by atoms with Crippen LogP contribution in [0.4, 0.5) is 0 Å². The standard InChI is InChI=1S/C17H22N2O2S2/c1-6-17(4)7-11-12(9-21-17)23-14-13(11)15(20)19(8-10(2)3)16(18-14)22-5/h2,6-9H2,1,3-5H3. The van der Waals surface area contributed by atoms with Gasteiger partial charge in [-0.15, -0.1) is 11.3 Å². The molecule has 0 aliphatic carbocycles. The number of hydrogen-bond donors (Lipinski definition) is 0. The smallest absolute Gasteiger partial charge is 0.263 e. The van der Waals surface area contributed by atoms with Gasteiger partial charge in [0.1, 0.15) is 4.83 Å². The summed E-state index contributed by atoms with van der Waals surface area (Å²) in [7, 11) is 0. The van der Waals surface area contributed by atoms with E-state index in [0.29, 0.717) is 13.2 Å². The molecule has 2 aromatic rings. The number of thiophene rings is 1. The molecule has 1 aliphatic rings. The number of aromatic nitrogens is 2. The van der Waals surface area contributed by atoms with Gasteiger partial charge in [-0.2, -0.15) is 0 Å². The zero-order chi connectivity index (χ0) is 16.8. The molecule has 0 bridgehead atoms. The molecular formula is C17H22N2O2S2. The molecule has 124 valence electrons. The van der Waals surface area contributed by atoms with Crippen LogP contribution in [0.5, 0.6) is 0 Å². The van der Waals surface area contributed by atoms with Crippen LogP contribution in [0.2, 0.25) is 0 Å². The van der Waals surface area contributed by atoms with E-state index < -0.39 is 0 Å². The van der Waals surface area contributed by atoms with Crippen LogP contribution >= 0.6 is 23.1 Å². The van der Waals surface area contributed by atoms with Crippen LogP contribution in [-0.4, -0.2) is 21.4 Å². The number of hydrogen-bond acceptors (Lipinski definition) is 5. The van der Waals surface area contributed by atoms with Gasteiger partial charge in [0.15, 0.2) is 5.16 Å². The van der Waals surface area contributed by atoms with Crippen LogP contribution in [0, 0.1) is 0 Å². The van der Waals surface area contributed by atoms with Crippen molar-refractivity contribution in [1.29, 1.82) is 0 Å². The molecule has 1 unspecified atom stereocenters. The van der Waals surface area contributed by atoms with Gasteiger partial charge in [-0.1, -0.05) is 30.8 Å². The second-order valence-corrected chi connectivity index (χ2v) is 8.26. The maximum Gasteiger partial charge on any atom is 0.263 e. The van der Waals surface area contributed by atoms with Crippen molar-refractivity contribution >= 4 is 33.3 Å². The predicted molar refractivity (Wildman–Crippen MR) is 97.7 cm³/mol. The van der Waals surface area contributed by atoms with Gasteiger partial charge < -0.3 is 4.74 Å². The van der Waals surface area contributed by atoms with Crippen molar-refractivity contribution in [3.8, 4) is 0 Å². The van der Waals surface area contributed by atoms with Crippen LogP contribution < -0.4 is 5.56 Å². The SMILES string of the molecule is C=C(C)Cn1c(SC)nc2sc3c(c2c1=O)CC(C)(CC)OC3. The number of thioether (sulfide) groups is 1. The molecule has 3 rings (SSSR count). The van der Waals surface area contributed by atoms with Crippen molar-refractivity contribution in [2.45, 2.75) is 57.5 Å². The van der Waals surface area contributed by atoms with Gasteiger partial charge in [-0.3, -0.25) is 9.36 Å². The third-order valence-corrected chi connectivity index (χ3v) is 6.20. The van der Waals surface area contributed by atoms with Crippen LogP contribution in [-0.2, 0) is 24.3 Å². The molecule has 0 saturated heterocycles. The molecule has 23 heavy (non-hydrogen) atoms. The number of rotatable bonds is 4. The molecule has 0 N–H and O–H groups in total. The first-order chi connectivity index (χ1) is 10.9. The minimum atomic E-state index is -0.190. The van der Waals surface area contributed by atoms with Crippen molar-refractivity contribution in [2.24, 2.45) is 0 Å². The molecule has 0 fully saturated rings. The summed E-state index contributed by atoms with van der Waals surface area (Å²) in [6, 6.07) is 0. The summed E-state index contributed by atoms with van der Waals surface area (Å²) < 4.78 is 7.77. The average Bonchev–Trinajstić information content (AvgIpc) is 2.87. The lowest BCUT2D eigenvalue weighted by atomic mass is 9.90. The largest absolute Gasteiger partial charge is 0.369 e. The van der Waals surface area contributed by atoms with Gasteiger partial charge in [0, 0.05) is 17.8 Å². The molecule has 3 heterocycles. The fraction of sp³-hybridized carbons (Fsp3) is 0.529. The Morgan fingerprint density at radius 1 is 1.57 bits per heavy atom. The van der Waals surface area contributed by atoms with E-state index in [4.69, 9.17) is 9.72 Å². The Morgan fingerprint density at radius 2 is 2.30 bits per heavy atom. The summed E-state index contributed by atoms with van der Waals surface area (Å²) in [5, 5.41) is 1.54.